The second-order valence-corrected chi connectivity index (χ2v) is 4.48. The van der Waals surface area contributed by atoms with E-state index in [9.17, 15) is 9.59 Å². The van der Waals surface area contributed by atoms with Crippen LogP contribution in [-0.2, 0) is 20.8 Å². The van der Waals surface area contributed by atoms with Crippen LogP contribution in [0.2, 0.25) is 0 Å². The summed E-state index contributed by atoms with van der Waals surface area (Å²) in [6, 6.07) is 7.19. The summed E-state index contributed by atoms with van der Waals surface area (Å²) in [6.45, 7) is 3.78. The molecule has 0 atom stereocenters. The van der Waals surface area contributed by atoms with Gasteiger partial charge in [-0.1, -0.05) is 19.1 Å². The van der Waals surface area contributed by atoms with Gasteiger partial charge >= 0.3 is 11.9 Å². The average molecular weight is 279 g/mol. The van der Waals surface area contributed by atoms with Gasteiger partial charge in [-0.15, -0.1) is 0 Å². The molecule has 0 amide bonds. The van der Waals surface area contributed by atoms with Gasteiger partial charge in [0, 0.05) is 6.54 Å². The van der Waals surface area contributed by atoms with Gasteiger partial charge in [-0.3, -0.25) is 9.69 Å². The van der Waals surface area contributed by atoms with Crippen molar-refractivity contribution in [1.29, 1.82) is 0 Å². The van der Waals surface area contributed by atoms with E-state index in [1.165, 1.54) is 14.2 Å². The van der Waals surface area contributed by atoms with Crippen molar-refractivity contribution in [3.8, 4) is 0 Å². The fourth-order valence-electron chi connectivity index (χ4n) is 1.90. The van der Waals surface area contributed by atoms with Gasteiger partial charge in [0.15, 0.2) is 0 Å². The second-order valence-electron chi connectivity index (χ2n) is 4.48. The molecular formula is C15H21NO4. The first-order chi connectivity index (χ1) is 9.60. The van der Waals surface area contributed by atoms with Crippen LogP contribution in [-0.4, -0.2) is 44.1 Å². The number of nitrogens with zero attached hydrogens (tertiary/aromatic N) is 1. The lowest BCUT2D eigenvalue weighted by molar-refractivity contribution is -0.142. The predicted molar refractivity (Wildman–Crippen MR) is 75.4 cm³/mol. The van der Waals surface area contributed by atoms with Gasteiger partial charge < -0.3 is 9.47 Å². The zero-order valence-electron chi connectivity index (χ0n) is 12.2. The molecule has 0 spiro atoms. The Morgan fingerprint density at radius 2 is 1.75 bits per heavy atom. The molecule has 0 bridgehead atoms. The summed E-state index contributed by atoms with van der Waals surface area (Å²) in [5.41, 5.74) is 1.56. The lowest BCUT2D eigenvalue weighted by Crippen LogP contribution is -2.30. The van der Waals surface area contributed by atoms with Gasteiger partial charge in [0.25, 0.3) is 0 Å². The average Bonchev–Trinajstić information content (AvgIpc) is 2.47. The standard InChI is InChI=1S/C15H21NO4/c1-4-9-16(11-14(17)19-2)10-12-5-7-13(8-6-12)15(18)20-3/h5-8H,4,9-11H2,1-3H3. The molecule has 0 aromatic heterocycles. The van der Waals surface area contributed by atoms with Gasteiger partial charge in [0.1, 0.15) is 0 Å². The number of benzene rings is 1. The maximum atomic E-state index is 11.3. The van der Waals surface area contributed by atoms with Crippen LogP contribution in [0.15, 0.2) is 24.3 Å². The first-order valence-corrected chi connectivity index (χ1v) is 6.57. The Morgan fingerprint density at radius 1 is 1.10 bits per heavy atom. The van der Waals surface area contributed by atoms with E-state index in [2.05, 4.69) is 16.4 Å². The smallest absolute Gasteiger partial charge is 0.337 e. The summed E-state index contributed by atoms with van der Waals surface area (Å²) in [6.07, 6.45) is 0.956. The summed E-state index contributed by atoms with van der Waals surface area (Å²) < 4.78 is 9.34. The van der Waals surface area contributed by atoms with E-state index in [1.807, 2.05) is 17.0 Å². The van der Waals surface area contributed by atoms with Gasteiger partial charge in [-0.25, -0.2) is 4.79 Å². The highest BCUT2D eigenvalue weighted by molar-refractivity contribution is 5.89. The SMILES string of the molecule is CCCN(CC(=O)OC)Cc1ccc(C(=O)OC)cc1. The summed E-state index contributed by atoms with van der Waals surface area (Å²) in [4.78, 5) is 24.7. The minimum absolute atomic E-state index is 0.246. The van der Waals surface area contributed by atoms with E-state index < -0.39 is 0 Å². The molecule has 1 aromatic rings. The van der Waals surface area contributed by atoms with E-state index in [1.54, 1.807) is 12.1 Å². The molecule has 0 fully saturated rings. The van der Waals surface area contributed by atoms with E-state index >= 15 is 0 Å². The molecule has 20 heavy (non-hydrogen) atoms. The molecule has 0 heterocycles. The molecule has 0 radical (unpaired) electrons. The van der Waals surface area contributed by atoms with E-state index in [4.69, 9.17) is 0 Å². The van der Waals surface area contributed by atoms with Crippen LogP contribution in [0.1, 0.15) is 29.3 Å². The summed E-state index contributed by atoms with van der Waals surface area (Å²) in [7, 11) is 2.74. The van der Waals surface area contributed by atoms with E-state index in [-0.39, 0.29) is 18.5 Å². The molecule has 5 heteroatoms. The third kappa shape index (κ3) is 5.01. The molecule has 0 N–H and O–H groups in total. The molecule has 5 nitrogen and oxygen atoms in total. The molecule has 0 saturated carbocycles. The molecular weight excluding hydrogens is 258 g/mol. The van der Waals surface area contributed by atoms with Crippen LogP contribution in [0.25, 0.3) is 0 Å². The van der Waals surface area contributed by atoms with Crippen molar-refractivity contribution in [2.75, 3.05) is 27.3 Å². The highest BCUT2D eigenvalue weighted by Crippen LogP contribution is 2.09. The molecule has 1 rings (SSSR count). The number of hydrogen-bond donors (Lipinski definition) is 0. The highest BCUT2D eigenvalue weighted by Gasteiger charge is 2.11. The third-order valence-corrected chi connectivity index (χ3v) is 2.90. The molecule has 0 saturated heterocycles. The van der Waals surface area contributed by atoms with Crippen molar-refractivity contribution < 1.29 is 19.1 Å². The van der Waals surface area contributed by atoms with Crippen LogP contribution in [0.3, 0.4) is 0 Å². The van der Waals surface area contributed by atoms with Gasteiger partial charge in [-0.05, 0) is 30.7 Å². The summed E-state index contributed by atoms with van der Waals surface area (Å²) in [5, 5.41) is 0. The Morgan fingerprint density at radius 3 is 2.25 bits per heavy atom. The Hall–Kier alpha value is -1.88. The van der Waals surface area contributed by atoms with Crippen LogP contribution in [0.4, 0.5) is 0 Å². The maximum Gasteiger partial charge on any atom is 0.337 e. The molecule has 1 aromatic carbocycles. The largest absolute Gasteiger partial charge is 0.468 e. The normalized spacial score (nSPS) is 10.4. The van der Waals surface area contributed by atoms with Crippen molar-refractivity contribution in [3.05, 3.63) is 35.4 Å². The van der Waals surface area contributed by atoms with E-state index in [0.717, 1.165) is 18.5 Å². The van der Waals surface area contributed by atoms with Gasteiger partial charge in [0.05, 0.1) is 26.3 Å². The molecule has 0 aliphatic heterocycles. The van der Waals surface area contributed by atoms with Crippen molar-refractivity contribution in [1.82, 2.24) is 4.90 Å². The van der Waals surface area contributed by atoms with Crippen LogP contribution < -0.4 is 0 Å². The highest BCUT2D eigenvalue weighted by atomic mass is 16.5. The van der Waals surface area contributed by atoms with Gasteiger partial charge in [0.2, 0.25) is 0 Å². The van der Waals surface area contributed by atoms with Crippen LogP contribution in [0, 0.1) is 0 Å². The minimum atomic E-state index is -0.350. The molecule has 0 aliphatic rings. The number of carbonyl (C=O) groups excluding carboxylic acids is 2. The zero-order chi connectivity index (χ0) is 15.0. The van der Waals surface area contributed by atoms with Gasteiger partial charge in [-0.2, -0.15) is 0 Å². The Labute approximate surface area is 119 Å². The number of methoxy groups -OCH3 is 2. The van der Waals surface area contributed by atoms with Crippen molar-refractivity contribution in [3.63, 3.8) is 0 Å². The molecule has 0 aliphatic carbocycles. The minimum Gasteiger partial charge on any atom is -0.468 e. The fraction of sp³-hybridized carbons (Fsp3) is 0.467. The topological polar surface area (TPSA) is 55.8 Å². The number of ether oxygens (including phenoxy) is 2. The second kappa shape index (κ2) is 8.32. The first kappa shape index (κ1) is 16.2. The van der Waals surface area contributed by atoms with Crippen molar-refractivity contribution >= 4 is 11.9 Å². The monoisotopic (exact) mass is 279 g/mol. The lowest BCUT2D eigenvalue weighted by atomic mass is 10.1. The molecule has 0 unspecified atom stereocenters. The number of esters is 2. The number of hydrogen-bond acceptors (Lipinski definition) is 5. The Bertz CT molecular complexity index is 442. The quantitative estimate of drug-likeness (QED) is 0.713. The predicted octanol–water partition coefficient (Wildman–Crippen LogP) is 1.86. The van der Waals surface area contributed by atoms with E-state index in [0.29, 0.717) is 12.1 Å². The summed E-state index contributed by atoms with van der Waals surface area (Å²) in [5.74, 6) is -0.596. The Balaban J connectivity index is 2.68. The van der Waals surface area contributed by atoms with Crippen LogP contribution >= 0.6 is 0 Å². The zero-order valence-corrected chi connectivity index (χ0v) is 12.2. The lowest BCUT2D eigenvalue weighted by Gasteiger charge is -2.20. The molecule has 110 valence electrons. The fourth-order valence-corrected chi connectivity index (χ4v) is 1.90. The first-order valence-electron chi connectivity index (χ1n) is 6.57. The van der Waals surface area contributed by atoms with Crippen molar-refractivity contribution in [2.24, 2.45) is 0 Å². The summed E-state index contributed by atoms with van der Waals surface area (Å²) >= 11 is 0. The maximum absolute atomic E-state index is 11.3. The number of rotatable bonds is 7. The van der Waals surface area contributed by atoms with Crippen LogP contribution in [0.5, 0.6) is 0 Å². The van der Waals surface area contributed by atoms with Crippen molar-refractivity contribution in [2.45, 2.75) is 19.9 Å². The Kier molecular flexibility index (Phi) is 6.73. The number of carbonyl (C=O) groups is 2. The third-order valence-electron chi connectivity index (χ3n) is 2.90.